The van der Waals surface area contributed by atoms with E-state index in [1.807, 2.05) is 39.8 Å². The van der Waals surface area contributed by atoms with Gasteiger partial charge in [0.2, 0.25) is 17.7 Å². The smallest absolute Gasteiger partial charge is 0.250 e. The van der Waals surface area contributed by atoms with Gasteiger partial charge in [0.1, 0.15) is 5.54 Å². The first-order valence-electron chi connectivity index (χ1n) is 9.39. The van der Waals surface area contributed by atoms with Crippen molar-refractivity contribution in [1.29, 1.82) is 0 Å². The highest BCUT2D eigenvalue weighted by Gasteiger charge is 2.69. The number of carbonyl (C=O) groups excluding carboxylic acids is 3. The first-order chi connectivity index (χ1) is 12.3. The Labute approximate surface area is 153 Å². The molecule has 4 atom stereocenters. The van der Waals surface area contributed by atoms with Gasteiger partial charge in [0.15, 0.2) is 0 Å². The van der Waals surface area contributed by atoms with E-state index in [9.17, 15) is 14.4 Å². The molecule has 2 N–H and O–H groups in total. The first-order valence-corrected chi connectivity index (χ1v) is 9.39. The predicted octanol–water partition coefficient (Wildman–Crippen LogP) is 1.84. The largest absolute Gasteiger partial charge is 0.324 e. The summed E-state index contributed by atoms with van der Waals surface area (Å²) in [5.74, 6) is -1.75. The third-order valence-corrected chi connectivity index (χ3v) is 6.14. The Morgan fingerprint density at radius 3 is 2.58 bits per heavy atom. The molecule has 0 aliphatic carbocycles. The van der Waals surface area contributed by atoms with Crippen molar-refractivity contribution in [3.63, 3.8) is 0 Å². The summed E-state index contributed by atoms with van der Waals surface area (Å²) in [5.41, 5.74) is 2.44. The van der Waals surface area contributed by atoms with E-state index < -0.39 is 17.4 Å². The Kier molecular flexibility index (Phi) is 3.74. The van der Waals surface area contributed by atoms with Gasteiger partial charge >= 0.3 is 0 Å². The molecule has 1 aromatic carbocycles. The fourth-order valence-corrected chi connectivity index (χ4v) is 5.02. The van der Waals surface area contributed by atoms with E-state index in [0.29, 0.717) is 6.54 Å². The fraction of sp³-hybridized carbons (Fsp3) is 0.550. The van der Waals surface area contributed by atoms with Gasteiger partial charge < -0.3 is 5.32 Å². The van der Waals surface area contributed by atoms with E-state index in [1.54, 1.807) is 0 Å². The molecule has 6 heteroatoms. The summed E-state index contributed by atoms with van der Waals surface area (Å²) < 4.78 is 0. The highest BCUT2D eigenvalue weighted by molar-refractivity contribution is 6.15. The van der Waals surface area contributed by atoms with Gasteiger partial charge in [0, 0.05) is 23.8 Å². The summed E-state index contributed by atoms with van der Waals surface area (Å²) >= 11 is 0. The quantitative estimate of drug-likeness (QED) is 0.811. The number of carbonyl (C=O) groups is 3. The first kappa shape index (κ1) is 17.2. The lowest BCUT2D eigenvalue weighted by Crippen LogP contribution is -2.53. The maximum Gasteiger partial charge on any atom is 0.250 e. The number of amides is 3. The van der Waals surface area contributed by atoms with Crippen LogP contribution in [0.3, 0.4) is 0 Å². The molecule has 2 unspecified atom stereocenters. The maximum absolute atomic E-state index is 13.2. The molecule has 1 aromatic rings. The van der Waals surface area contributed by atoms with Crippen LogP contribution in [0.2, 0.25) is 0 Å². The highest BCUT2D eigenvalue weighted by atomic mass is 16.2. The molecule has 3 aliphatic rings. The van der Waals surface area contributed by atoms with Gasteiger partial charge in [-0.2, -0.15) is 0 Å². The van der Waals surface area contributed by atoms with Gasteiger partial charge in [-0.3, -0.25) is 24.6 Å². The van der Waals surface area contributed by atoms with Crippen LogP contribution < -0.4 is 10.6 Å². The van der Waals surface area contributed by atoms with Crippen LogP contribution in [-0.4, -0.2) is 35.2 Å². The van der Waals surface area contributed by atoms with Gasteiger partial charge in [-0.15, -0.1) is 0 Å². The van der Waals surface area contributed by atoms with E-state index >= 15 is 0 Å². The molecular formula is C20H25N3O3. The molecule has 4 rings (SSSR count). The lowest BCUT2D eigenvalue weighted by molar-refractivity contribution is -0.142. The van der Waals surface area contributed by atoms with E-state index in [-0.39, 0.29) is 23.8 Å². The monoisotopic (exact) mass is 355 g/mol. The van der Waals surface area contributed by atoms with Crippen molar-refractivity contribution in [2.45, 2.75) is 52.1 Å². The fourth-order valence-electron chi connectivity index (χ4n) is 5.02. The summed E-state index contributed by atoms with van der Waals surface area (Å²) in [5, 5.41) is 6.32. The number of fused-ring (bicyclic) bond motifs is 4. The molecule has 0 aromatic heterocycles. The number of unbranched alkanes of at least 4 members (excludes halogenated alkanes) is 1. The van der Waals surface area contributed by atoms with Crippen LogP contribution in [-0.2, 0) is 19.9 Å². The number of imide groups is 1. The number of nitrogens with one attached hydrogen (secondary N) is 2. The lowest BCUT2D eigenvalue weighted by atomic mass is 9.76. The molecule has 3 aliphatic heterocycles. The number of hydrogen-bond acceptors (Lipinski definition) is 4. The van der Waals surface area contributed by atoms with E-state index in [0.717, 1.165) is 35.2 Å². The standard InChI is InChI=1S/C20H25N3O3/c1-5-6-7-23-17(24)14-12(4)22-20(15(14)18(23)25)13-9-10(2)8-11(3)16(13)21-19(20)26/h8-9,12,14-15,22H,5-7H2,1-4H3,(H,21,26)/t12?,14-,15+,20?/m1/s1. The van der Waals surface area contributed by atoms with Gasteiger partial charge in [-0.05, 0) is 32.8 Å². The third-order valence-electron chi connectivity index (χ3n) is 6.14. The Morgan fingerprint density at radius 2 is 1.88 bits per heavy atom. The van der Waals surface area contributed by atoms with Crippen molar-refractivity contribution in [3.8, 4) is 0 Å². The summed E-state index contributed by atoms with van der Waals surface area (Å²) in [6.07, 6.45) is 1.69. The number of nitrogens with zero attached hydrogens (tertiary/aromatic N) is 1. The molecule has 0 radical (unpaired) electrons. The van der Waals surface area contributed by atoms with Crippen molar-refractivity contribution < 1.29 is 14.4 Å². The molecule has 138 valence electrons. The Hall–Kier alpha value is -2.21. The minimum absolute atomic E-state index is 0.143. The van der Waals surface area contributed by atoms with Crippen molar-refractivity contribution in [2.75, 3.05) is 11.9 Å². The van der Waals surface area contributed by atoms with Crippen LogP contribution in [0.15, 0.2) is 12.1 Å². The molecule has 1 spiro atoms. The average Bonchev–Trinajstić information content (AvgIpc) is 3.13. The second kappa shape index (κ2) is 5.64. The second-order valence-corrected chi connectivity index (χ2v) is 7.88. The number of aryl methyl sites for hydroxylation is 2. The topological polar surface area (TPSA) is 78.5 Å². The summed E-state index contributed by atoms with van der Waals surface area (Å²) in [6.45, 7) is 8.30. The zero-order chi connectivity index (χ0) is 18.8. The van der Waals surface area contributed by atoms with Gasteiger partial charge in [-0.1, -0.05) is 31.0 Å². The van der Waals surface area contributed by atoms with Crippen molar-refractivity contribution in [1.82, 2.24) is 10.2 Å². The normalized spacial score (nSPS) is 32.4. The van der Waals surface area contributed by atoms with E-state index in [4.69, 9.17) is 0 Å². The molecule has 0 saturated carbocycles. The Balaban J connectivity index is 1.86. The Bertz CT molecular complexity index is 834. The number of rotatable bonds is 3. The summed E-state index contributed by atoms with van der Waals surface area (Å²) in [7, 11) is 0. The zero-order valence-electron chi connectivity index (χ0n) is 15.7. The van der Waals surface area contributed by atoms with Gasteiger partial charge in [-0.25, -0.2) is 0 Å². The molecule has 6 nitrogen and oxygen atoms in total. The minimum Gasteiger partial charge on any atom is -0.324 e. The molecule has 3 heterocycles. The van der Waals surface area contributed by atoms with E-state index in [1.165, 1.54) is 4.90 Å². The van der Waals surface area contributed by atoms with E-state index in [2.05, 4.69) is 10.6 Å². The van der Waals surface area contributed by atoms with Gasteiger partial charge in [0.05, 0.1) is 11.8 Å². The van der Waals surface area contributed by atoms with Crippen LogP contribution in [0.5, 0.6) is 0 Å². The molecule has 26 heavy (non-hydrogen) atoms. The molecule has 2 saturated heterocycles. The summed E-state index contributed by atoms with van der Waals surface area (Å²) in [4.78, 5) is 40.7. The van der Waals surface area contributed by atoms with Crippen LogP contribution in [0.25, 0.3) is 0 Å². The SMILES string of the molecule is CCCCN1C(=O)[C@@H]2C(C)NC3(C(=O)Nc4c(C)cc(C)cc43)[C@@H]2C1=O. The molecular weight excluding hydrogens is 330 g/mol. The molecule has 3 amide bonds. The average molecular weight is 355 g/mol. The van der Waals surface area contributed by atoms with Gasteiger partial charge in [0.25, 0.3) is 0 Å². The Morgan fingerprint density at radius 1 is 1.15 bits per heavy atom. The maximum atomic E-state index is 13.2. The van der Waals surface area contributed by atoms with Crippen molar-refractivity contribution in [2.24, 2.45) is 11.8 Å². The molecule has 0 bridgehead atoms. The van der Waals surface area contributed by atoms with Crippen LogP contribution in [0.1, 0.15) is 43.4 Å². The minimum atomic E-state index is -1.15. The second-order valence-electron chi connectivity index (χ2n) is 7.88. The predicted molar refractivity (Wildman–Crippen MR) is 97.4 cm³/mol. The van der Waals surface area contributed by atoms with Crippen LogP contribution in [0.4, 0.5) is 5.69 Å². The zero-order valence-corrected chi connectivity index (χ0v) is 15.7. The number of anilines is 1. The highest BCUT2D eigenvalue weighted by Crippen LogP contribution is 2.53. The van der Waals surface area contributed by atoms with Crippen LogP contribution >= 0.6 is 0 Å². The molecule has 2 fully saturated rings. The lowest BCUT2D eigenvalue weighted by Gasteiger charge is -2.29. The van der Waals surface area contributed by atoms with Crippen LogP contribution in [0, 0.1) is 25.7 Å². The third kappa shape index (κ3) is 1.99. The van der Waals surface area contributed by atoms with Crippen molar-refractivity contribution in [3.05, 3.63) is 28.8 Å². The summed E-state index contributed by atoms with van der Waals surface area (Å²) in [6, 6.07) is 3.75. The van der Waals surface area contributed by atoms with Crippen molar-refractivity contribution >= 4 is 23.4 Å². The number of benzene rings is 1. The number of hydrogen-bond donors (Lipinski definition) is 2. The number of likely N-dealkylation sites (tertiary alicyclic amines) is 1.